The number of hydrogen-bond acceptors (Lipinski definition) is 4. The van der Waals surface area contributed by atoms with Crippen LogP contribution in [-0.2, 0) is 4.74 Å². The van der Waals surface area contributed by atoms with Crippen molar-refractivity contribution in [1.82, 2.24) is 5.32 Å². The lowest BCUT2D eigenvalue weighted by Gasteiger charge is -2.44. The maximum absolute atomic E-state index is 12.4. The van der Waals surface area contributed by atoms with Gasteiger partial charge in [0.25, 0.3) is 0 Å². The van der Waals surface area contributed by atoms with Crippen LogP contribution in [0.15, 0.2) is 35.5 Å². The summed E-state index contributed by atoms with van der Waals surface area (Å²) in [6.45, 7) is 14.7. The first kappa shape index (κ1) is 33.9. The van der Waals surface area contributed by atoms with Crippen LogP contribution in [0.3, 0.4) is 0 Å². The van der Waals surface area contributed by atoms with Gasteiger partial charge in [-0.05, 0) is 113 Å². The molecule has 3 aliphatic rings. The minimum atomic E-state index is -0.558. The summed E-state index contributed by atoms with van der Waals surface area (Å²) in [6, 6.07) is 0. The maximum Gasteiger partial charge on any atom is 0.407 e. The maximum atomic E-state index is 12.4. The summed E-state index contributed by atoms with van der Waals surface area (Å²) in [7, 11) is 0. The predicted molar refractivity (Wildman–Crippen MR) is 172 cm³/mol. The molecule has 5 atom stereocenters. The first-order valence-corrected chi connectivity index (χ1v) is 17.0. The van der Waals surface area contributed by atoms with Crippen LogP contribution in [0.25, 0.3) is 0 Å². The molecule has 0 aliphatic heterocycles. The van der Waals surface area contributed by atoms with Gasteiger partial charge in [-0.15, -0.1) is 0 Å². The zero-order chi connectivity index (χ0) is 29.9. The molecule has 3 rings (SSSR count). The van der Waals surface area contributed by atoms with Crippen LogP contribution in [0.1, 0.15) is 137 Å². The van der Waals surface area contributed by atoms with Crippen LogP contribution in [0, 0.1) is 23.2 Å². The van der Waals surface area contributed by atoms with Gasteiger partial charge in [-0.1, -0.05) is 82.2 Å². The highest BCUT2D eigenvalue weighted by Gasteiger charge is 2.50. The van der Waals surface area contributed by atoms with E-state index in [2.05, 4.69) is 37.9 Å². The van der Waals surface area contributed by atoms with Crippen LogP contribution in [-0.4, -0.2) is 36.0 Å². The number of nitrogens with one attached hydrogen (secondary N) is 1. The average Bonchev–Trinajstić information content (AvgIpc) is 3.27. The molecule has 4 N–H and O–H groups in total. The largest absolute Gasteiger partial charge is 0.446 e. The highest BCUT2D eigenvalue weighted by molar-refractivity contribution is 5.67. The molecule has 1 amide bonds. The van der Waals surface area contributed by atoms with Gasteiger partial charge >= 0.3 is 6.09 Å². The van der Waals surface area contributed by atoms with Crippen molar-refractivity contribution in [3.05, 3.63) is 35.5 Å². The Labute approximate surface area is 251 Å². The fraction of sp³-hybridized carbons (Fsp3) is 0.806. The molecular weight excluding hydrogens is 508 g/mol. The van der Waals surface area contributed by atoms with E-state index in [9.17, 15) is 9.90 Å². The molecule has 0 radical (unpaired) electrons. The molecule has 0 spiro atoms. The van der Waals surface area contributed by atoms with Crippen LogP contribution in [0.2, 0.25) is 0 Å². The Morgan fingerprint density at radius 3 is 2.59 bits per heavy atom. The van der Waals surface area contributed by atoms with Crippen LogP contribution < -0.4 is 11.1 Å². The standard InChI is InChI=1S/C36H62N2O3/c1-27-16-19-31(41-34(39)38-25-11-9-7-6-8-10-24-37)26-30(27)18-17-29-15-13-23-36(5)32(20-21-33(29)36)28(2)14-12-22-35(3,4)40/h17-18,28,31-33,40H,1,6-16,19-26,37H2,2-5H3,(H,38,39)/b29-17+,30-18-/t28-,31+,32-,33+,36-/m1/s1. The van der Waals surface area contributed by atoms with Crippen LogP contribution >= 0.6 is 0 Å². The Bertz CT molecular complexity index is 901. The highest BCUT2D eigenvalue weighted by atomic mass is 16.6. The molecule has 0 heterocycles. The molecule has 0 saturated heterocycles. The summed E-state index contributed by atoms with van der Waals surface area (Å²) in [4.78, 5) is 12.4. The van der Waals surface area contributed by atoms with E-state index in [0.717, 1.165) is 63.8 Å². The molecule has 0 bridgehead atoms. The van der Waals surface area contributed by atoms with E-state index in [1.807, 2.05) is 13.8 Å². The second-order valence-corrected chi connectivity index (χ2v) is 14.4. The molecule has 3 aliphatic carbocycles. The van der Waals surface area contributed by atoms with Gasteiger partial charge in [0.15, 0.2) is 0 Å². The van der Waals surface area contributed by atoms with Gasteiger partial charge in [0.2, 0.25) is 0 Å². The molecule has 234 valence electrons. The van der Waals surface area contributed by atoms with E-state index >= 15 is 0 Å². The van der Waals surface area contributed by atoms with Crippen molar-refractivity contribution in [2.45, 2.75) is 149 Å². The number of amides is 1. The van der Waals surface area contributed by atoms with Crippen molar-refractivity contribution in [2.24, 2.45) is 28.9 Å². The second-order valence-electron chi connectivity index (χ2n) is 14.4. The number of aliphatic hydroxyl groups is 1. The topological polar surface area (TPSA) is 84.6 Å². The number of alkyl carbamates (subject to hydrolysis) is 1. The molecule has 3 saturated carbocycles. The number of fused-ring (bicyclic) bond motifs is 1. The minimum absolute atomic E-state index is 0.0707. The highest BCUT2D eigenvalue weighted by Crippen LogP contribution is 2.60. The molecule has 0 unspecified atom stereocenters. The molecule has 41 heavy (non-hydrogen) atoms. The number of ether oxygens (including phenoxy) is 1. The number of carbonyl (C=O) groups excluding carboxylic acids is 1. The zero-order valence-corrected chi connectivity index (χ0v) is 26.9. The average molecular weight is 571 g/mol. The normalized spacial score (nSPS) is 29.5. The fourth-order valence-corrected chi connectivity index (χ4v) is 8.11. The minimum Gasteiger partial charge on any atom is -0.446 e. The summed E-state index contributed by atoms with van der Waals surface area (Å²) in [6.07, 6.45) is 23.4. The fourth-order valence-electron chi connectivity index (χ4n) is 8.11. The van der Waals surface area contributed by atoms with Gasteiger partial charge in [-0.25, -0.2) is 4.79 Å². The Morgan fingerprint density at radius 2 is 1.85 bits per heavy atom. The van der Waals surface area contributed by atoms with E-state index in [-0.39, 0.29) is 12.2 Å². The lowest BCUT2D eigenvalue weighted by atomic mass is 9.60. The Kier molecular flexibility index (Phi) is 13.5. The lowest BCUT2D eigenvalue weighted by molar-refractivity contribution is 0.0596. The van der Waals surface area contributed by atoms with Crippen LogP contribution in [0.4, 0.5) is 4.79 Å². The summed E-state index contributed by atoms with van der Waals surface area (Å²) in [5.41, 5.74) is 9.44. The molecule has 0 aromatic heterocycles. The van der Waals surface area contributed by atoms with Gasteiger partial charge in [0.1, 0.15) is 6.10 Å². The van der Waals surface area contributed by atoms with E-state index in [1.54, 1.807) is 5.57 Å². The zero-order valence-electron chi connectivity index (χ0n) is 26.9. The number of rotatable bonds is 15. The number of allylic oxidation sites excluding steroid dienone is 4. The van der Waals surface area contributed by atoms with Crippen molar-refractivity contribution in [2.75, 3.05) is 13.1 Å². The van der Waals surface area contributed by atoms with Gasteiger partial charge in [0.05, 0.1) is 5.60 Å². The van der Waals surface area contributed by atoms with Crippen LogP contribution in [0.5, 0.6) is 0 Å². The predicted octanol–water partition coefficient (Wildman–Crippen LogP) is 8.77. The number of carbonyl (C=O) groups is 1. The van der Waals surface area contributed by atoms with Gasteiger partial charge in [-0.3, -0.25) is 0 Å². The Hall–Kier alpha value is -1.59. The molecular formula is C36H62N2O3. The van der Waals surface area contributed by atoms with Gasteiger partial charge in [-0.2, -0.15) is 0 Å². The van der Waals surface area contributed by atoms with Crippen molar-refractivity contribution >= 4 is 6.09 Å². The van der Waals surface area contributed by atoms with Crippen molar-refractivity contribution < 1.29 is 14.6 Å². The summed E-state index contributed by atoms with van der Waals surface area (Å²) >= 11 is 0. The number of unbranched alkanes of at least 4 members (excludes halogenated alkanes) is 5. The summed E-state index contributed by atoms with van der Waals surface area (Å²) < 4.78 is 5.82. The van der Waals surface area contributed by atoms with E-state index in [4.69, 9.17) is 10.5 Å². The third-order valence-corrected chi connectivity index (χ3v) is 10.5. The molecule has 0 aromatic carbocycles. The van der Waals surface area contributed by atoms with E-state index in [1.165, 1.54) is 68.9 Å². The quantitative estimate of drug-likeness (QED) is 0.172. The first-order chi connectivity index (χ1) is 19.5. The third kappa shape index (κ3) is 10.6. The Morgan fingerprint density at radius 1 is 1.12 bits per heavy atom. The number of hydrogen-bond donors (Lipinski definition) is 3. The summed E-state index contributed by atoms with van der Waals surface area (Å²) in [5, 5.41) is 13.1. The number of nitrogens with two attached hydrogens (primary N) is 1. The van der Waals surface area contributed by atoms with E-state index in [0.29, 0.717) is 23.8 Å². The first-order valence-electron chi connectivity index (χ1n) is 17.0. The van der Waals surface area contributed by atoms with Crippen molar-refractivity contribution in [1.29, 1.82) is 0 Å². The molecule has 3 fully saturated rings. The Balaban J connectivity index is 1.50. The third-order valence-electron chi connectivity index (χ3n) is 10.5. The van der Waals surface area contributed by atoms with Crippen molar-refractivity contribution in [3.63, 3.8) is 0 Å². The second kappa shape index (κ2) is 16.3. The molecule has 5 nitrogen and oxygen atoms in total. The van der Waals surface area contributed by atoms with Gasteiger partial charge in [0, 0.05) is 13.0 Å². The SMILES string of the molecule is C=C1CC[C@H](OC(=O)NCCCCCCCCN)C/C1=C/C=C1\CCC[C@]2(C)[C@@H]([C@H](C)CCCC(C)(C)O)CC[C@@H]12. The van der Waals surface area contributed by atoms with Gasteiger partial charge < -0.3 is 20.9 Å². The molecule has 5 heteroatoms. The monoisotopic (exact) mass is 570 g/mol. The molecule has 0 aromatic rings. The van der Waals surface area contributed by atoms with E-state index < -0.39 is 5.60 Å². The smallest absolute Gasteiger partial charge is 0.407 e. The lowest BCUT2D eigenvalue weighted by Crippen LogP contribution is -2.36. The summed E-state index contributed by atoms with van der Waals surface area (Å²) in [5.74, 6) is 2.14. The van der Waals surface area contributed by atoms with Crippen molar-refractivity contribution in [3.8, 4) is 0 Å².